The number of aromatic nitrogens is 2. The van der Waals surface area contributed by atoms with Gasteiger partial charge in [0, 0.05) is 13.2 Å². The van der Waals surface area contributed by atoms with Gasteiger partial charge in [-0.15, -0.1) is 0 Å². The molecular formula is C12H21N3O4S. The van der Waals surface area contributed by atoms with Crippen LogP contribution in [0.15, 0.2) is 4.90 Å². The number of methoxy groups -OCH3 is 1. The molecular weight excluding hydrogens is 282 g/mol. The first kappa shape index (κ1) is 15.4. The van der Waals surface area contributed by atoms with Gasteiger partial charge >= 0.3 is 0 Å². The number of aryl methyl sites for hydroxylation is 1. The van der Waals surface area contributed by atoms with Gasteiger partial charge in [-0.25, -0.2) is 13.1 Å². The van der Waals surface area contributed by atoms with Crippen molar-refractivity contribution < 1.29 is 18.3 Å². The Kier molecular flexibility index (Phi) is 4.48. The Balaban J connectivity index is 2.17. The first-order valence-electron chi connectivity index (χ1n) is 6.59. The molecule has 0 atom stereocenters. The first-order chi connectivity index (χ1) is 9.39. The number of rotatable bonds is 6. The molecule has 1 aromatic heterocycles. The highest BCUT2D eigenvalue weighted by Gasteiger charge is 2.34. The van der Waals surface area contributed by atoms with Crippen LogP contribution in [0.2, 0.25) is 0 Å². The molecule has 0 aromatic carbocycles. The van der Waals surface area contributed by atoms with Gasteiger partial charge in [-0.3, -0.25) is 4.68 Å². The van der Waals surface area contributed by atoms with Crippen LogP contribution in [0, 0.1) is 13.8 Å². The van der Waals surface area contributed by atoms with E-state index >= 15 is 0 Å². The average Bonchev–Trinajstić information content (AvgIpc) is 2.59. The molecule has 0 saturated heterocycles. The van der Waals surface area contributed by atoms with Crippen molar-refractivity contribution in [1.29, 1.82) is 0 Å². The summed E-state index contributed by atoms with van der Waals surface area (Å²) >= 11 is 0. The minimum Gasteiger partial charge on any atom is -0.394 e. The minimum absolute atomic E-state index is 0.0764. The third kappa shape index (κ3) is 2.88. The van der Waals surface area contributed by atoms with Gasteiger partial charge in [0.2, 0.25) is 10.0 Å². The molecule has 114 valence electrons. The van der Waals surface area contributed by atoms with Gasteiger partial charge in [0.1, 0.15) is 4.90 Å². The van der Waals surface area contributed by atoms with Crippen LogP contribution in [0.3, 0.4) is 0 Å². The molecule has 0 unspecified atom stereocenters. The van der Waals surface area contributed by atoms with E-state index in [1.807, 2.05) is 0 Å². The van der Waals surface area contributed by atoms with Gasteiger partial charge in [0.25, 0.3) is 0 Å². The number of ether oxygens (including phenoxy) is 1. The summed E-state index contributed by atoms with van der Waals surface area (Å²) < 4.78 is 34.2. The van der Waals surface area contributed by atoms with Crippen LogP contribution in [-0.4, -0.2) is 49.2 Å². The van der Waals surface area contributed by atoms with Crippen molar-refractivity contribution in [3.8, 4) is 0 Å². The van der Waals surface area contributed by atoms with Crippen molar-refractivity contribution in [2.24, 2.45) is 0 Å². The fourth-order valence-corrected chi connectivity index (χ4v) is 4.19. The fourth-order valence-electron chi connectivity index (χ4n) is 2.51. The second kappa shape index (κ2) is 5.80. The molecule has 1 aliphatic rings. The molecule has 0 radical (unpaired) electrons. The summed E-state index contributed by atoms with van der Waals surface area (Å²) in [7, 11) is -1.95. The number of nitrogens with zero attached hydrogens (tertiary/aromatic N) is 2. The smallest absolute Gasteiger partial charge is 0.244 e. The Hall–Kier alpha value is -0.960. The van der Waals surface area contributed by atoms with E-state index in [1.165, 1.54) is 4.68 Å². The Morgan fingerprint density at radius 1 is 1.45 bits per heavy atom. The van der Waals surface area contributed by atoms with Crippen molar-refractivity contribution >= 4 is 10.0 Å². The number of nitrogens with one attached hydrogen (secondary N) is 1. The number of sulfonamides is 1. The van der Waals surface area contributed by atoms with Gasteiger partial charge in [-0.2, -0.15) is 5.10 Å². The highest BCUT2D eigenvalue weighted by molar-refractivity contribution is 7.89. The van der Waals surface area contributed by atoms with Crippen LogP contribution in [-0.2, 0) is 21.3 Å². The molecule has 20 heavy (non-hydrogen) atoms. The molecule has 0 aliphatic heterocycles. The number of hydrogen-bond acceptors (Lipinski definition) is 5. The topological polar surface area (TPSA) is 93.5 Å². The normalized spacial score (nSPS) is 22.8. The SMILES string of the molecule is COC1CC(NS(=O)(=O)c2c(C)nn(CCO)c2C)C1. The van der Waals surface area contributed by atoms with E-state index in [0.717, 1.165) is 0 Å². The van der Waals surface area contributed by atoms with Crippen LogP contribution in [0.5, 0.6) is 0 Å². The Labute approximate surface area is 119 Å². The van der Waals surface area contributed by atoms with E-state index in [9.17, 15) is 8.42 Å². The van der Waals surface area contributed by atoms with E-state index < -0.39 is 10.0 Å². The Morgan fingerprint density at radius 2 is 2.10 bits per heavy atom. The summed E-state index contributed by atoms with van der Waals surface area (Å²) in [6, 6.07) is -0.0788. The lowest BCUT2D eigenvalue weighted by Crippen LogP contribution is -2.47. The van der Waals surface area contributed by atoms with Crippen molar-refractivity contribution in [3.63, 3.8) is 0 Å². The maximum Gasteiger partial charge on any atom is 0.244 e. The summed E-state index contributed by atoms with van der Waals surface area (Å²) in [6.45, 7) is 3.57. The second-order valence-corrected chi connectivity index (χ2v) is 6.74. The Morgan fingerprint density at radius 3 is 2.65 bits per heavy atom. The molecule has 1 fully saturated rings. The predicted molar refractivity (Wildman–Crippen MR) is 72.9 cm³/mol. The van der Waals surface area contributed by atoms with E-state index in [2.05, 4.69) is 9.82 Å². The van der Waals surface area contributed by atoms with E-state index in [4.69, 9.17) is 9.84 Å². The summed E-state index contributed by atoms with van der Waals surface area (Å²) in [6.07, 6.45) is 1.53. The molecule has 0 spiro atoms. The van der Waals surface area contributed by atoms with Gasteiger partial charge < -0.3 is 9.84 Å². The third-order valence-corrected chi connectivity index (χ3v) is 5.42. The molecule has 8 heteroatoms. The van der Waals surface area contributed by atoms with E-state index in [-0.39, 0.29) is 30.2 Å². The maximum absolute atomic E-state index is 12.4. The molecule has 1 aromatic rings. The lowest BCUT2D eigenvalue weighted by molar-refractivity contribution is 0.0236. The second-order valence-electron chi connectivity index (χ2n) is 5.09. The number of aliphatic hydroxyl groups excluding tert-OH is 1. The Bertz CT molecular complexity index is 576. The average molecular weight is 303 g/mol. The van der Waals surface area contributed by atoms with Crippen molar-refractivity contribution in [1.82, 2.24) is 14.5 Å². The maximum atomic E-state index is 12.4. The summed E-state index contributed by atoms with van der Waals surface area (Å²) in [5, 5.41) is 13.1. The molecule has 2 rings (SSSR count). The molecule has 0 bridgehead atoms. The summed E-state index contributed by atoms with van der Waals surface area (Å²) in [4.78, 5) is 0.215. The largest absolute Gasteiger partial charge is 0.394 e. The standard InChI is InChI=1S/C12H21N3O4S/c1-8-12(9(2)15(13-8)4-5-16)20(17,18)14-10-6-11(7-10)19-3/h10-11,14,16H,4-7H2,1-3H3. The lowest BCUT2D eigenvalue weighted by Gasteiger charge is -2.34. The number of aliphatic hydroxyl groups is 1. The predicted octanol–water partition coefficient (Wildman–Crippen LogP) is -0.0521. The van der Waals surface area contributed by atoms with Crippen molar-refractivity contribution in [2.45, 2.75) is 50.3 Å². The van der Waals surface area contributed by atoms with Gasteiger partial charge in [-0.05, 0) is 26.7 Å². The molecule has 7 nitrogen and oxygen atoms in total. The molecule has 2 N–H and O–H groups in total. The zero-order valence-corrected chi connectivity index (χ0v) is 12.8. The van der Waals surface area contributed by atoms with Crippen molar-refractivity contribution in [2.75, 3.05) is 13.7 Å². The highest BCUT2D eigenvalue weighted by Crippen LogP contribution is 2.26. The fraction of sp³-hybridized carbons (Fsp3) is 0.750. The molecule has 1 aliphatic carbocycles. The zero-order valence-electron chi connectivity index (χ0n) is 12.0. The quantitative estimate of drug-likeness (QED) is 0.768. The van der Waals surface area contributed by atoms with E-state index in [0.29, 0.717) is 24.2 Å². The van der Waals surface area contributed by atoms with Crippen LogP contribution in [0.25, 0.3) is 0 Å². The molecule has 1 heterocycles. The first-order valence-corrected chi connectivity index (χ1v) is 8.07. The lowest BCUT2D eigenvalue weighted by atomic mass is 9.90. The summed E-state index contributed by atoms with van der Waals surface area (Å²) in [5.74, 6) is 0. The van der Waals surface area contributed by atoms with Gasteiger partial charge in [-0.1, -0.05) is 0 Å². The molecule has 0 amide bonds. The summed E-state index contributed by atoms with van der Waals surface area (Å²) in [5.41, 5.74) is 0.998. The minimum atomic E-state index is -3.58. The number of hydrogen-bond donors (Lipinski definition) is 2. The highest BCUT2D eigenvalue weighted by atomic mass is 32.2. The van der Waals surface area contributed by atoms with Gasteiger partial charge in [0.15, 0.2) is 0 Å². The monoisotopic (exact) mass is 303 g/mol. The zero-order chi connectivity index (χ0) is 14.9. The van der Waals surface area contributed by atoms with E-state index in [1.54, 1.807) is 21.0 Å². The van der Waals surface area contributed by atoms with Crippen LogP contribution in [0.4, 0.5) is 0 Å². The third-order valence-electron chi connectivity index (χ3n) is 3.65. The van der Waals surface area contributed by atoms with Crippen LogP contribution >= 0.6 is 0 Å². The molecule has 1 saturated carbocycles. The van der Waals surface area contributed by atoms with Crippen LogP contribution in [0.1, 0.15) is 24.2 Å². The van der Waals surface area contributed by atoms with Crippen LogP contribution < -0.4 is 4.72 Å². The van der Waals surface area contributed by atoms with Crippen molar-refractivity contribution in [3.05, 3.63) is 11.4 Å². The van der Waals surface area contributed by atoms with Gasteiger partial charge in [0.05, 0.1) is 30.6 Å².